The quantitative estimate of drug-likeness (QED) is 0.162. The number of aromatic nitrogens is 4. The second-order valence-electron chi connectivity index (χ2n) is 12.9. The molecule has 0 aliphatic carbocycles. The Morgan fingerprint density at radius 2 is 0.962 bits per heavy atom. The summed E-state index contributed by atoms with van der Waals surface area (Å²) in [5, 5.41) is 6.60. The molecule has 0 atom stereocenters. The fourth-order valence-corrected chi connectivity index (χ4v) is 7.77. The van der Waals surface area contributed by atoms with E-state index in [0.717, 1.165) is 94.2 Å². The van der Waals surface area contributed by atoms with Gasteiger partial charge in [0.05, 0.1) is 5.69 Å². The molecule has 0 bridgehead atoms. The van der Waals surface area contributed by atoms with Gasteiger partial charge < -0.3 is 18.5 Å². The number of nitrogens with zero attached hydrogens (tertiary/aromatic N) is 5. The third kappa shape index (κ3) is 4.76. The molecule has 0 fully saturated rings. The van der Waals surface area contributed by atoms with E-state index in [4.69, 9.17) is 14.4 Å². The Hall–Kier alpha value is -6.49. The number of fused-ring (bicyclic) bond motifs is 9. The number of rotatable bonds is 5. The van der Waals surface area contributed by atoms with E-state index in [1.54, 1.807) is 0 Å². The summed E-state index contributed by atoms with van der Waals surface area (Å²) in [6, 6.07) is 59.9. The Kier molecular flexibility index (Phi) is 7.27. The summed E-state index contributed by atoms with van der Waals surface area (Å²) in [5.41, 5.74) is 8.22. The van der Waals surface area contributed by atoms with Crippen LogP contribution in [0.3, 0.4) is 0 Å². The van der Waals surface area contributed by atoms with E-state index in [-0.39, 0.29) is 21.1 Å². The third-order valence-electron chi connectivity index (χ3n) is 10.00. The molecule has 53 heavy (non-hydrogen) atoms. The first-order valence-corrected chi connectivity index (χ1v) is 17.3. The maximum absolute atomic E-state index is 6.66. The molecule has 0 unspecified atom stereocenters. The van der Waals surface area contributed by atoms with Crippen molar-refractivity contribution < 1.29 is 25.5 Å². The number of hydrogen-bond acceptors (Lipinski definition) is 4. The molecule has 11 aromatic rings. The first-order chi connectivity index (χ1) is 25.8. The number of anilines is 3. The van der Waals surface area contributed by atoms with Crippen LogP contribution >= 0.6 is 0 Å². The molecular weight excluding hydrogens is 834 g/mol. The van der Waals surface area contributed by atoms with Gasteiger partial charge in [0.2, 0.25) is 0 Å². The van der Waals surface area contributed by atoms with Gasteiger partial charge in [-0.2, -0.15) is 12.1 Å². The van der Waals surface area contributed by atoms with Gasteiger partial charge in [0.25, 0.3) is 0 Å². The minimum absolute atomic E-state index is 0. The molecule has 0 N–H and O–H groups in total. The van der Waals surface area contributed by atoms with Crippen LogP contribution in [-0.4, -0.2) is 19.1 Å². The van der Waals surface area contributed by atoms with E-state index in [1.165, 1.54) is 0 Å². The average Bonchev–Trinajstić information content (AvgIpc) is 3.86. The zero-order valence-electron chi connectivity index (χ0n) is 28.0. The summed E-state index contributed by atoms with van der Waals surface area (Å²) in [4.78, 5) is 11.8. The summed E-state index contributed by atoms with van der Waals surface area (Å²) in [7, 11) is 0. The molecule has 0 amide bonds. The second-order valence-corrected chi connectivity index (χ2v) is 12.9. The fourth-order valence-electron chi connectivity index (χ4n) is 7.77. The molecule has 7 heteroatoms. The SMILES string of the molecule is [Pt+2].[c-]1c(N(c2[c-]c3c(cc2)c2ccccc2n3-c2ccccn2)c2cccc3c2oc2ccccc23)ccc2c3ccccc3n(-c3ccccn3)c12. The molecule has 0 saturated carbocycles. The van der Waals surface area contributed by atoms with E-state index in [2.05, 4.69) is 129 Å². The molecule has 0 spiro atoms. The van der Waals surface area contributed by atoms with Crippen LogP contribution in [0.5, 0.6) is 0 Å². The first-order valence-electron chi connectivity index (χ1n) is 17.3. The van der Waals surface area contributed by atoms with Gasteiger partial charge in [-0.05, 0) is 59.3 Å². The van der Waals surface area contributed by atoms with E-state index < -0.39 is 0 Å². The van der Waals surface area contributed by atoms with Crippen molar-refractivity contribution in [1.29, 1.82) is 0 Å². The van der Waals surface area contributed by atoms with Crippen LogP contribution in [-0.2, 0) is 21.1 Å². The predicted molar refractivity (Wildman–Crippen MR) is 210 cm³/mol. The number of furan rings is 1. The van der Waals surface area contributed by atoms with Crippen molar-refractivity contribution in [1.82, 2.24) is 19.1 Å². The van der Waals surface area contributed by atoms with Crippen LogP contribution in [0.4, 0.5) is 17.1 Å². The Labute approximate surface area is 318 Å². The van der Waals surface area contributed by atoms with Gasteiger partial charge in [-0.1, -0.05) is 101 Å². The van der Waals surface area contributed by atoms with Gasteiger partial charge in [-0.15, -0.1) is 35.0 Å². The molecular formula is C46H27N5OPt. The summed E-state index contributed by atoms with van der Waals surface area (Å²) < 4.78 is 11.1. The molecule has 5 aromatic heterocycles. The summed E-state index contributed by atoms with van der Waals surface area (Å²) in [5.74, 6) is 1.67. The summed E-state index contributed by atoms with van der Waals surface area (Å²) in [6.07, 6.45) is 3.67. The van der Waals surface area contributed by atoms with Gasteiger partial charge in [-0.25, -0.2) is 9.97 Å². The van der Waals surface area contributed by atoms with Gasteiger partial charge in [0.15, 0.2) is 5.58 Å². The van der Waals surface area contributed by atoms with Gasteiger partial charge in [0, 0.05) is 34.2 Å². The second kappa shape index (κ2) is 12.3. The van der Waals surface area contributed by atoms with Crippen molar-refractivity contribution in [3.05, 3.63) is 176 Å². The molecule has 6 aromatic carbocycles. The molecule has 6 nitrogen and oxygen atoms in total. The molecule has 11 rings (SSSR count). The number of benzene rings is 6. The monoisotopic (exact) mass is 860 g/mol. The molecule has 0 aliphatic heterocycles. The molecule has 5 heterocycles. The largest absolute Gasteiger partial charge is 2.00 e. The van der Waals surface area contributed by atoms with Crippen molar-refractivity contribution >= 4 is 82.6 Å². The zero-order valence-corrected chi connectivity index (χ0v) is 30.3. The standard InChI is InChI=1S/C46H27N5O.Pt/c1-4-16-38-32(12-1)34-24-22-30(28-41(34)50(38)44-20-7-9-26-47-44)49(40-18-11-15-37-36-14-3-6-19-43(36)52-46(37)40)31-23-25-35-33-13-2-5-17-39(33)51(42(35)29-31)45-21-8-10-27-48-45;/h1-27H;/q-2;+2. The Bertz CT molecular complexity index is 2990. The van der Waals surface area contributed by atoms with Crippen molar-refractivity contribution in [2.75, 3.05) is 4.90 Å². The molecule has 0 aliphatic rings. The summed E-state index contributed by atoms with van der Waals surface area (Å²) in [6.45, 7) is 0. The predicted octanol–water partition coefficient (Wildman–Crippen LogP) is 11.6. The van der Waals surface area contributed by atoms with Crippen LogP contribution < -0.4 is 4.90 Å². The Morgan fingerprint density at radius 3 is 1.53 bits per heavy atom. The zero-order chi connectivity index (χ0) is 34.2. The van der Waals surface area contributed by atoms with Crippen molar-refractivity contribution in [3.8, 4) is 11.6 Å². The van der Waals surface area contributed by atoms with Crippen molar-refractivity contribution in [2.45, 2.75) is 0 Å². The maximum Gasteiger partial charge on any atom is 2.00 e. The molecule has 252 valence electrons. The topological polar surface area (TPSA) is 52.0 Å². The van der Waals surface area contributed by atoms with Crippen LogP contribution in [0.1, 0.15) is 0 Å². The van der Waals surface area contributed by atoms with Crippen LogP contribution in [0.25, 0.3) is 77.2 Å². The minimum atomic E-state index is 0. The smallest absolute Gasteiger partial charge is 0.454 e. The Morgan fingerprint density at radius 1 is 0.453 bits per heavy atom. The number of pyridine rings is 2. The fraction of sp³-hybridized carbons (Fsp3) is 0. The molecule has 0 saturated heterocycles. The number of hydrogen-bond donors (Lipinski definition) is 0. The number of para-hydroxylation sites is 4. The first kappa shape index (κ1) is 31.3. The third-order valence-corrected chi connectivity index (χ3v) is 10.00. The molecule has 0 radical (unpaired) electrons. The van der Waals surface area contributed by atoms with E-state index in [1.807, 2.05) is 60.9 Å². The average molecular weight is 861 g/mol. The van der Waals surface area contributed by atoms with Gasteiger partial charge in [-0.3, -0.25) is 0 Å². The van der Waals surface area contributed by atoms with Crippen LogP contribution in [0, 0.1) is 12.1 Å². The van der Waals surface area contributed by atoms with Crippen LogP contribution in [0.2, 0.25) is 0 Å². The van der Waals surface area contributed by atoms with E-state index in [9.17, 15) is 0 Å². The maximum atomic E-state index is 6.66. The van der Waals surface area contributed by atoms with Crippen molar-refractivity contribution in [2.24, 2.45) is 0 Å². The minimum Gasteiger partial charge on any atom is -0.454 e. The van der Waals surface area contributed by atoms with Gasteiger partial charge >= 0.3 is 21.1 Å². The van der Waals surface area contributed by atoms with E-state index in [0.29, 0.717) is 0 Å². The van der Waals surface area contributed by atoms with Gasteiger partial charge in [0.1, 0.15) is 17.2 Å². The van der Waals surface area contributed by atoms with Crippen molar-refractivity contribution in [3.63, 3.8) is 0 Å². The van der Waals surface area contributed by atoms with Crippen LogP contribution in [0.15, 0.2) is 168 Å². The Balaban J connectivity index is 0.00000349. The normalized spacial score (nSPS) is 11.6. The summed E-state index contributed by atoms with van der Waals surface area (Å²) >= 11 is 0. The van der Waals surface area contributed by atoms with E-state index >= 15 is 0 Å².